The van der Waals surface area contributed by atoms with Gasteiger partial charge in [0, 0.05) is 22.3 Å². The predicted molar refractivity (Wildman–Crippen MR) is 120 cm³/mol. The van der Waals surface area contributed by atoms with Gasteiger partial charge < -0.3 is 9.53 Å². The minimum absolute atomic E-state index is 0.0576. The van der Waals surface area contributed by atoms with E-state index in [0.717, 1.165) is 17.6 Å². The first-order chi connectivity index (χ1) is 13.9. The third-order valence-corrected chi connectivity index (χ3v) is 9.03. The van der Waals surface area contributed by atoms with Gasteiger partial charge in [-0.3, -0.25) is 4.79 Å². The first-order valence-electron chi connectivity index (χ1n) is 10.9. The molecule has 2 fully saturated rings. The van der Waals surface area contributed by atoms with Crippen LogP contribution in [0.1, 0.15) is 39.5 Å². The lowest BCUT2D eigenvalue weighted by molar-refractivity contribution is -0.185. The van der Waals surface area contributed by atoms with E-state index in [1.54, 1.807) is 12.2 Å². The number of aliphatic hydroxyl groups is 1. The van der Waals surface area contributed by atoms with Gasteiger partial charge in [-0.1, -0.05) is 36.2 Å². The number of alkyl halides is 1. The highest BCUT2D eigenvalue weighted by atomic mass is 35.5. The summed E-state index contributed by atoms with van der Waals surface area (Å²) in [5.74, 6) is 0.334. The second-order valence-electron chi connectivity index (χ2n) is 10.8. The number of carbonyl (C=O) groups excluding carboxylic acids is 1. The lowest BCUT2D eigenvalue weighted by Crippen LogP contribution is -2.66. The third kappa shape index (κ3) is 2.95. The topological polar surface area (TPSA) is 46.5 Å². The number of ketones is 1. The van der Waals surface area contributed by atoms with Crippen LogP contribution in [0.4, 0.5) is 4.39 Å². The average Bonchev–Trinajstić information content (AvgIpc) is 2.97. The summed E-state index contributed by atoms with van der Waals surface area (Å²) < 4.78 is 23.3. The van der Waals surface area contributed by atoms with Crippen molar-refractivity contribution in [2.45, 2.75) is 70.9 Å². The highest BCUT2D eigenvalue weighted by Gasteiger charge is 2.69. The van der Waals surface area contributed by atoms with Crippen LogP contribution in [-0.4, -0.2) is 31.0 Å². The van der Waals surface area contributed by atoms with Crippen molar-refractivity contribution in [3.63, 3.8) is 0 Å². The van der Waals surface area contributed by atoms with Crippen molar-refractivity contribution >= 4 is 25.7 Å². The Bertz CT molecular complexity index is 901. The van der Waals surface area contributed by atoms with Gasteiger partial charge in [0.25, 0.3) is 0 Å². The molecule has 4 aliphatic rings. The maximum Gasteiger partial charge on any atom is 0.242 e. The van der Waals surface area contributed by atoms with E-state index < -0.39 is 30.9 Å². The van der Waals surface area contributed by atoms with Crippen molar-refractivity contribution in [3.8, 4) is 0 Å². The first-order valence-corrected chi connectivity index (χ1v) is 14.7. The molecule has 2 saturated carbocycles. The Morgan fingerprint density at radius 2 is 2.03 bits per heavy atom. The highest BCUT2D eigenvalue weighted by Crippen LogP contribution is 2.68. The normalized spacial score (nSPS) is 43.4. The molecule has 6 heteroatoms. The largest absolute Gasteiger partial charge is 0.544 e. The predicted octanol–water partition coefficient (Wildman–Crippen LogP) is 5.83. The van der Waals surface area contributed by atoms with Crippen LogP contribution in [0.3, 0.4) is 0 Å². The lowest BCUT2D eigenvalue weighted by atomic mass is 9.45. The number of halogens is 2. The van der Waals surface area contributed by atoms with Gasteiger partial charge in [-0.05, 0) is 75.9 Å². The summed E-state index contributed by atoms with van der Waals surface area (Å²) in [4.78, 5) is 11.9. The first kappa shape index (κ1) is 22.0. The standard InChI is InChI=1S/C24H32ClFO3Si/c1-22-13-21(28)24(26)18(7-6-15-12-16(27)10-11-23(15,24)2)17(22)8-9-19(22)20(14-25)29-30(3,4)5/h9-12,14,17-18,21,28H,6-8,13H2,1-5H3/t17-,18-,21-,22-,23-,24?/m0/s1. The van der Waals surface area contributed by atoms with Gasteiger partial charge in [0.15, 0.2) is 11.5 Å². The number of hydrogen-bond donors (Lipinski definition) is 1. The van der Waals surface area contributed by atoms with Gasteiger partial charge in [0.2, 0.25) is 8.32 Å². The van der Waals surface area contributed by atoms with E-state index >= 15 is 4.39 Å². The molecule has 0 heterocycles. The molecule has 0 amide bonds. The quantitative estimate of drug-likeness (QED) is 0.435. The van der Waals surface area contributed by atoms with Gasteiger partial charge in [-0.2, -0.15) is 0 Å². The second kappa shape index (κ2) is 6.91. The van der Waals surface area contributed by atoms with Gasteiger partial charge in [0.1, 0.15) is 5.76 Å². The van der Waals surface area contributed by atoms with Crippen LogP contribution in [0.5, 0.6) is 0 Å². The Balaban J connectivity index is 1.73. The minimum Gasteiger partial charge on any atom is -0.544 e. The summed E-state index contributed by atoms with van der Waals surface area (Å²) in [6, 6.07) is 0. The molecule has 0 aliphatic heterocycles. The maximum absolute atomic E-state index is 17.0. The smallest absolute Gasteiger partial charge is 0.242 e. The lowest BCUT2D eigenvalue weighted by Gasteiger charge is -2.61. The van der Waals surface area contributed by atoms with Crippen molar-refractivity contribution in [1.29, 1.82) is 0 Å². The van der Waals surface area contributed by atoms with Crippen LogP contribution in [0.2, 0.25) is 19.6 Å². The zero-order valence-electron chi connectivity index (χ0n) is 18.5. The summed E-state index contributed by atoms with van der Waals surface area (Å²) in [6.07, 6.45) is 8.11. The molecule has 0 aromatic carbocycles. The molecular weight excluding hydrogens is 419 g/mol. The molecule has 1 N–H and O–H groups in total. The van der Waals surface area contributed by atoms with Gasteiger partial charge in [0.05, 0.1) is 6.10 Å². The molecule has 0 bridgehead atoms. The molecule has 30 heavy (non-hydrogen) atoms. The van der Waals surface area contributed by atoms with E-state index in [1.807, 2.05) is 6.92 Å². The number of allylic oxidation sites excluding steroid dienone is 6. The van der Waals surface area contributed by atoms with E-state index in [9.17, 15) is 9.90 Å². The van der Waals surface area contributed by atoms with E-state index in [-0.39, 0.29) is 17.6 Å². The molecule has 0 saturated heterocycles. The average molecular weight is 451 g/mol. The van der Waals surface area contributed by atoms with E-state index in [2.05, 4.69) is 32.6 Å². The number of fused-ring (bicyclic) bond motifs is 5. The van der Waals surface area contributed by atoms with Crippen molar-refractivity contribution in [2.75, 3.05) is 0 Å². The van der Waals surface area contributed by atoms with E-state index in [0.29, 0.717) is 25.0 Å². The second-order valence-corrected chi connectivity index (χ2v) is 15.5. The number of hydrogen-bond acceptors (Lipinski definition) is 3. The molecule has 0 aromatic rings. The third-order valence-electron chi connectivity index (χ3n) is 8.00. The van der Waals surface area contributed by atoms with Gasteiger partial charge in [-0.25, -0.2) is 4.39 Å². The SMILES string of the molecule is C[C@]12C=CC(=O)C=C1CC[C@H]1[C@@H]3CC=C(C(=CCl)O[Si](C)(C)C)[C@@]3(C)C[C@H](O)C12F. The van der Waals surface area contributed by atoms with Crippen LogP contribution in [0, 0.1) is 22.7 Å². The Labute approximate surface area is 184 Å². The Hall–Kier alpha value is -1.17. The van der Waals surface area contributed by atoms with E-state index in [1.165, 1.54) is 11.6 Å². The summed E-state index contributed by atoms with van der Waals surface area (Å²) in [5.41, 5.74) is 0.170. The molecule has 0 radical (unpaired) electrons. The molecule has 0 spiro atoms. The Morgan fingerprint density at radius 3 is 2.67 bits per heavy atom. The number of carbonyl (C=O) groups is 1. The molecule has 4 rings (SSSR count). The summed E-state index contributed by atoms with van der Waals surface area (Å²) in [5, 5.41) is 11.3. The van der Waals surface area contributed by atoms with Gasteiger partial charge in [-0.15, -0.1) is 0 Å². The Kier molecular flexibility index (Phi) is 5.08. The zero-order valence-corrected chi connectivity index (χ0v) is 20.2. The molecule has 6 atom stereocenters. The summed E-state index contributed by atoms with van der Waals surface area (Å²) >= 11 is 6.18. The number of aliphatic hydroxyl groups excluding tert-OH is 1. The summed E-state index contributed by atoms with van der Waals surface area (Å²) in [6.45, 7) is 10.3. The fraction of sp³-hybridized carbons (Fsp3) is 0.625. The van der Waals surface area contributed by atoms with Crippen LogP contribution in [-0.2, 0) is 9.22 Å². The van der Waals surface area contributed by atoms with Crippen molar-refractivity contribution in [3.05, 3.63) is 46.7 Å². The minimum atomic E-state index is -1.89. The Morgan fingerprint density at radius 1 is 1.33 bits per heavy atom. The van der Waals surface area contributed by atoms with Crippen molar-refractivity contribution in [2.24, 2.45) is 22.7 Å². The fourth-order valence-corrected chi connectivity index (χ4v) is 7.70. The number of rotatable bonds is 3. The fourth-order valence-electron chi connectivity index (χ4n) is 6.63. The van der Waals surface area contributed by atoms with Crippen LogP contribution >= 0.6 is 11.6 Å². The molecule has 4 aliphatic carbocycles. The molecular formula is C24H32ClFO3Si. The molecule has 3 nitrogen and oxygen atoms in total. The van der Waals surface area contributed by atoms with Crippen LogP contribution in [0.25, 0.3) is 0 Å². The summed E-state index contributed by atoms with van der Waals surface area (Å²) in [7, 11) is -1.89. The zero-order chi connectivity index (χ0) is 22.1. The maximum atomic E-state index is 17.0. The highest BCUT2D eigenvalue weighted by molar-refractivity contribution is 6.70. The van der Waals surface area contributed by atoms with E-state index in [4.69, 9.17) is 16.0 Å². The van der Waals surface area contributed by atoms with Crippen LogP contribution < -0.4 is 0 Å². The molecule has 0 aromatic heterocycles. The molecule has 164 valence electrons. The van der Waals surface area contributed by atoms with Crippen molar-refractivity contribution < 1.29 is 18.7 Å². The van der Waals surface area contributed by atoms with Crippen LogP contribution in [0.15, 0.2) is 46.7 Å². The monoisotopic (exact) mass is 450 g/mol. The van der Waals surface area contributed by atoms with Gasteiger partial charge >= 0.3 is 0 Å². The van der Waals surface area contributed by atoms with Crippen molar-refractivity contribution in [1.82, 2.24) is 0 Å². The molecule has 1 unspecified atom stereocenters.